The highest BCUT2D eigenvalue weighted by Crippen LogP contribution is 2.32. The SMILES string of the molecule is CCNC(=NCc1ccc(OC(F)F)c(OCC)c1)NCc1ccc2c(c1)OCO2.I. The summed E-state index contributed by atoms with van der Waals surface area (Å²) >= 11 is 0. The zero-order valence-corrected chi connectivity index (χ0v) is 19.7. The van der Waals surface area contributed by atoms with Gasteiger partial charge in [0.1, 0.15) is 0 Å². The normalized spacial score (nSPS) is 12.4. The van der Waals surface area contributed by atoms with Gasteiger partial charge in [0, 0.05) is 13.1 Å². The zero-order chi connectivity index (χ0) is 21.3. The third-order valence-corrected chi connectivity index (χ3v) is 4.18. The standard InChI is InChI=1S/C21H25F2N3O4.HI/c1-3-24-21(25-11-14-5-7-16-18(9-14)29-13-28-16)26-12-15-6-8-17(30-20(22)23)19(10-15)27-4-2;/h5-10,20H,3-4,11-13H2,1-2H3,(H2,24,25,26);1H. The van der Waals surface area contributed by atoms with E-state index in [2.05, 4.69) is 20.4 Å². The lowest BCUT2D eigenvalue weighted by molar-refractivity contribution is -0.0514. The molecule has 2 aromatic rings. The Hall–Kier alpha value is -2.50. The van der Waals surface area contributed by atoms with Crippen LogP contribution in [0.1, 0.15) is 25.0 Å². The molecule has 0 radical (unpaired) electrons. The highest BCUT2D eigenvalue weighted by Gasteiger charge is 2.14. The van der Waals surface area contributed by atoms with Gasteiger partial charge < -0.3 is 29.6 Å². The van der Waals surface area contributed by atoms with Gasteiger partial charge in [0.15, 0.2) is 29.0 Å². The monoisotopic (exact) mass is 549 g/mol. The molecule has 0 aliphatic carbocycles. The Morgan fingerprint density at radius 3 is 2.55 bits per heavy atom. The van der Waals surface area contributed by atoms with Crippen LogP contribution in [-0.2, 0) is 13.1 Å². The van der Waals surface area contributed by atoms with Crippen LogP contribution in [-0.4, -0.2) is 32.5 Å². The number of ether oxygens (including phenoxy) is 4. The Morgan fingerprint density at radius 1 is 1.03 bits per heavy atom. The number of nitrogens with zero attached hydrogens (tertiary/aromatic N) is 1. The number of benzene rings is 2. The maximum Gasteiger partial charge on any atom is 0.387 e. The zero-order valence-electron chi connectivity index (χ0n) is 17.3. The van der Waals surface area contributed by atoms with Crippen molar-refractivity contribution in [2.45, 2.75) is 33.5 Å². The van der Waals surface area contributed by atoms with Crippen LogP contribution in [0.3, 0.4) is 0 Å². The van der Waals surface area contributed by atoms with Crippen molar-refractivity contribution < 1.29 is 27.7 Å². The maximum atomic E-state index is 12.5. The second kappa shape index (κ2) is 12.4. The third-order valence-electron chi connectivity index (χ3n) is 4.18. The highest BCUT2D eigenvalue weighted by molar-refractivity contribution is 14.0. The van der Waals surface area contributed by atoms with Gasteiger partial charge in [-0.1, -0.05) is 12.1 Å². The molecule has 170 valence electrons. The third kappa shape index (κ3) is 7.30. The number of guanidine groups is 1. The number of alkyl halides is 2. The van der Waals surface area contributed by atoms with Gasteiger partial charge in [-0.2, -0.15) is 8.78 Å². The molecule has 7 nitrogen and oxygen atoms in total. The quantitative estimate of drug-likeness (QED) is 0.277. The van der Waals surface area contributed by atoms with Crippen LogP contribution in [0.5, 0.6) is 23.0 Å². The van der Waals surface area contributed by atoms with Crippen LogP contribution in [0.2, 0.25) is 0 Å². The second-order valence-electron chi connectivity index (χ2n) is 6.33. The molecule has 3 rings (SSSR count). The van der Waals surface area contributed by atoms with Crippen LogP contribution in [0.15, 0.2) is 41.4 Å². The number of hydrogen-bond donors (Lipinski definition) is 2. The molecule has 0 unspecified atom stereocenters. The fourth-order valence-corrected chi connectivity index (χ4v) is 2.86. The van der Waals surface area contributed by atoms with E-state index in [1.165, 1.54) is 6.07 Å². The van der Waals surface area contributed by atoms with Crippen molar-refractivity contribution >= 4 is 29.9 Å². The molecule has 0 amide bonds. The molecule has 0 fully saturated rings. The van der Waals surface area contributed by atoms with E-state index in [4.69, 9.17) is 14.2 Å². The summed E-state index contributed by atoms with van der Waals surface area (Å²) in [6.45, 7) is 3.00. The molecule has 0 aromatic heterocycles. The van der Waals surface area contributed by atoms with E-state index in [0.717, 1.165) is 22.6 Å². The number of aliphatic imine (C=N–C) groups is 1. The summed E-state index contributed by atoms with van der Waals surface area (Å²) < 4.78 is 45.7. The van der Waals surface area contributed by atoms with Crippen molar-refractivity contribution in [1.29, 1.82) is 0 Å². The van der Waals surface area contributed by atoms with E-state index in [1.807, 2.05) is 25.1 Å². The van der Waals surface area contributed by atoms with Gasteiger partial charge in [-0.15, -0.1) is 24.0 Å². The van der Waals surface area contributed by atoms with E-state index in [0.29, 0.717) is 32.2 Å². The Balaban J connectivity index is 0.00000341. The summed E-state index contributed by atoms with van der Waals surface area (Å²) in [6.07, 6.45) is 0. The average Bonchev–Trinajstić information content (AvgIpc) is 3.19. The first kappa shape index (κ1) is 24.8. The van der Waals surface area contributed by atoms with Gasteiger partial charge in [-0.3, -0.25) is 0 Å². The minimum Gasteiger partial charge on any atom is -0.490 e. The van der Waals surface area contributed by atoms with E-state index in [9.17, 15) is 8.78 Å². The number of fused-ring (bicyclic) bond motifs is 1. The van der Waals surface area contributed by atoms with Crippen molar-refractivity contribution in [3.05, 3.63) is 47.5 Å². The lowest BCUT2D eigenvalue weighted by Crippen LogP contribution is -2.36. The van der Waals surface area contributed by atoms with E-state index >= 15 is 0 Å². The molecule has 1 aliphatic rings. The number of rotatable bonds is 9. The molecular formula is C21H26F2IN3O4. The molecule has 1 aliphatic heterocycles. The van der Waals surface area contributed by atoms with E-state index in [1.54, 1.807) is 19.1 Å². The Kier molecular flexibility index (Phi) is 9.89. The largest absolute Gasteiger partial charge is 0.490 e. The van der Waals surface area contributed by atoms with Crippen molar-refractivity contribution in [2.75, 3.05) is 19.9 Å². The molecule has 0 spiro atoms. The smallest absolute Gasteiger partial charge is 0.387 e. The maximum absolute atomic E-state index is 12.5. The molecule has 10 heteroatoms. The van der Waals surface area contributed by atoms with Crippen molar-refractivity contribution in [2.24, 2.45) is 4.99 Å². The first-order valence-electron chi connectivity index (χ1n) is 9.70. The first-order valence-corrected chi connectivity index (χ1v) is 9.70. The lowest BCUT2D eigenvalue weighted by atomic mass is 10.2. The molecule has 2 aromatic carbocycles. The van der Waals surface area contributed by atoms with E-state index in [-0.39, 0.29) is 42.3 Å². The van der Waals surface area contributed by atoms with Gasteiger partial charge >= 0.3 is 6.61 Å². The van der Waals surface area contributed by atoms with Gasteiger partial charge in [0.05, 0.1) is 13.2 Å². The van der Waals surface area contributed by atoms with Gasteiger partial charge in [-0.05, 0) is 49.2 Å². The van der Waals surface area contributed by atoms with Crippen molar-refractivity contribution in [3.8, 4) is 23.0 Å². The number of hydrogen-bond acceptors (Lipinski definition) is 5. The fourth-order valence-electron chi connectivity index (χ4n) is 2.86. The number of halogens is 3. The molecule has 1 heterocycles. The highest BCUT2D eigenvalue weighted by atomic mass is 127. The van der Waals surface area contributed by atoms with Crippen LogP contribution >= 0.6 is 24.0 Å². The summed E-state index contributed by atoms with van der Waals surface area (Å²) in [5, 5.41) is 6.44. The summed E-state index contributed by atoms with van der Waals surface area (Å²) in [4.78, 5) is 4.56. The van der Waals surface area contributed by atoms with Crippen molar-refractivity contribution in [1.82, 2.24) is 10.6 Å². The van der Waals surface area contributed by atoms with Gasteiger partial charge in [0.25, 0.3) is 0 Å². The predicted molar refractivity (Wildman–Crippen MR) is 124 cm³/mol. The summed E-state index contributed by atoms with van der Waals surface area (Å²) in [5.74, 6) is 2.37. The number of nitrogens with one attached hydrogen (secondary N) is 2. The molecule has 0 bridgehead atoms. The van der Waals surface area contributed by atoms with Crippen LogP contribution < -0.4 is 29.6 Å². The van der Waals surface area contributed by atoms with E-state index < -0.39 is 6.61 Å². The molecular weight excluding hydrogens is 523 g/mol. The molecule has 0 saturated carbocycles. The van der Waals surface area contributed by atoms with Crippen LogP contribution in [0.4, 0.5) is 8.78 Å². The topological polar surface area (TPSA) is 73.3 Å². The summed E-state index contributed by atoms with van der Waals surface area (Å²) in [6, 6.07) is 10.6. The fraction of sp³-hybridized carbons (Fsp3) is 0.381. The Bertz CT molecular complexity index is 884. The first-order chi connectivity index (χ1) is 14.6. The second-order valence-corrected chi connectivity index (χ2v) is 6.33. The van der Waals surface area contributed by atoms with Crippen molar-refractivity contribution in [3.63, 3.8) is 0 Å². The van der Waals surface area contributed by atoms with Gasteiger partial charge in [0.2, 0.25) is 6.79 Å². The molecule has 0 atom stereocenters. The minimum atomic E-state index is -2.91. The average molecular weight is 549 g/mol. The predicted octanol–water partition coefficient (Wildman–Crippen LogP) is 4.29. The summed E-state index contributed by atoms with van der Waals surface area (Å²) in [7, 11) is 0. The lowest BCUT2D eigenvalue weighted by Gasteiger charge is -2.13. The summed E-state index contributed by atoms with van der Waals surface area (Å²) in [5.41, 5.74) is 1.83. The minimum absolute atomic E-state index is 0. The Labute approximate surface area is 197 Å². The van der Waals surface area contributed by atoms with Crippen LogP contribution in [0, 0.1) is 0 Å². The molecule has 2 N–H and O–H groups in total. The Morgan fingerprint density at radius 2 is 1.81 bits per heavy atom. The molecule has 0 saturated heterocycles. The van der Waals surface area contributed by atoms with Gasteiger partial charge in [-0.25, -0.2) is 4.99 Å². The molecule has 31 heavy (non-hydrogen) atoms. The van der Waals surface area contributed by atoms with Crippen LogP contribution in [0.25, 0.3) is 0 Å².